The van der Waals surface area contributed by atoms with Gasteiger partial charge in [0.2, 0.25) is 11.9 Å². The highest BCUT2D eigenvalue weighted by atomic mass is 19.1. The predicted octanol–water partition coefficient (Wildman–Crippen LogP) is 3.21. The average Bonchev–Trinajstić information content (AvgIpc) is 3.30. The van der Waals surface area contributed by atoms with Crippen LogP contribution in [0, 0.1) is 17.1 Å². The molecule has 34 heavy (non-hydrogen) atoms. The number of nitrogens with zero attached hydrogens (tertiary/aromatic N) is 5. The van der Waals surface area contributed by atoms with E-state index < -0.39 is 5.82 Å². The molecule has 1 amide bonds. The number of aromatic nitrogens is 2. The van der Waals surface area contributed by atoms with Crippen LogP contribution in [0.2, 0.25) is 0 Å². The zero-order valence-electron chi connectivity index (χ0n) is 18.7. The maximum atomic E-state index is 14.1. The van der Waals surface area contributed by atoms with E-state index in [9.17, 15) is 14.4 Å². The van der Waals surface area contributed by atoms with Crippen molar-refractivity contribution in [2.45, 2.75) is 31.7 Å². The Hall–Kier alpha value is -3.83. The highest BCUT2D eigenvalue weighted by Gasteiger charge is 2.29. The molecule has 1 aromatic heterocycles. The molecule has 5 rings (SSSR count). The molecule has 2 aliphatic rings. The standard InChI is InChI=1S/C26H25FN6O/c27-22-4-2-1-3-17(22)15-24(34)33-12-6-18-13-19(14-20(16-28)25(18)33)23-5-9-30-26(31-23)32-10-7-21(29)8-11-32/h1-5,9,13-14,21H,6-8,10-12,15,29H2. The van der Waals surface area contributed by atoms with Crippen molar-refractivity contribution in [1.29, 1.82) is 5.26 Å². The van der Waals surface area contributed by atoms with Gasteiger partial charge in [-0.15, -0.1) is 0 Å². The Balaban J connectivity index is 1.43. The molecule has 0 bridgehead atoms. The van der Waals surface area contributed by atoms with Crippen LogP contribution in [0.25, 0.3) is 11.3 Å². The summed E-state index contributed by atoms with van der Waals surface area (Å²) in [5.41, 5.74) is 9.86. The van der Waals surface area contributed by atoms with Gasteiger partial charge in [0.05, 0.1) is 23.4 Å². The molecule has 172 valence electrons. The van der Waals surface area contributed by atoms with Crippen LogP contribution in [0.5, 0.6) is 0 Å². The molecule has 1 saturated heterocycles. The van der Waals surface area contributed by atoms with Crippen molar-refractivity contribution in [2.75, 3.05) is 29.4 Å². The lowest BCUT2D eigenvalue weighted by Crippen LogP contribution is -2.40. The molecule has 0 spiro atoms. The molecule has 3 aromatic rings. The molecule has 2 aliphatic heterocycles. The van der Waals surface area contributed by atoms with E-state index in [1.54, 1.807) is 35.4 Å². The van der Waals surface area contributed by atoms with Crippen LogP contribution in [0.3, 0.4) is 0 Å². The van der Waals surface area contributed by atoms with Crippen LogP contribution in [0.1, 0.15) is 29.5 Å². The number of anilines is 2. The highest BCUT2D eigenvalue weighted by Crippen LogP contribution is 2.36. The number of nitrogens with two attached hydrogens (primary N) is 1. The molecular formula is C26H25FN6O. The fraction of sp³-hybridized carbons (Fsp3) is 0.308. The van der Waals surface area contributed by atoms with E-state index in [2.05, 4.69) is 16.0 Å². The second kappa shape index (κ2) is 9.20. The van der Waals surface area contributed by atoms with Crippen LogP contribution >= 0.6 is 0 Å². The molecular weight excluding hydrogens is 431 g/mol. The smallest absolute Gasteiger partial charge is 0.231 e. The third-order valence-electron chi connectivity index (χ3n) is 6.55. The summed E-state index contributed by atoms with van der Waals surface area (Å²) >= 11 is 0. The molecule has 8 heteroatoms. The van der Waals surface area contributed by atoms with Gasteiger partial charge in [0.1, 0.15) is 11.9 Å². The predicted molar refractivity (Wildman–Crippen MR) is 128 cm³/mol. The first kappa shape index (κ1) is 22.0. The Kier molecular flexibility index (Phi) is 5.95. The molecule has 2 aromatic carbocycles. The lowest BCUT2D eigenvalue weighted by molar-refractivity contribution is -0.117. The Morgan fingerprint density at radius 2 is 1.97 bits per heavy atom. The molecule has 0 atom stereocenters. The zero-order valence-corrected chi connectivity index (χ0v) is 18.7. The number of fused-ring (bicyclic) bond motifs is 1. The maximum Gasteiger partial charge on any atom is 0.231 e. The number of piperidine rings is 1. The van der Waals surface area contributed by atoms with Gasteiger partial charge in [0.25, 0.3) is 0 Å². The van der Waals surface area contributed by atoms with Crippen molar-refractivity contribution in [3.63, 3.8) is 0 Å². The maximum absolute atomic E-state index is 14.1. The van der Waals surface area contributed by atoms with Gasteiger partial charge >= 0.3 is 0 Å². The summed E-state index contributed by atoms with van der Waals surface area (Å²) in [6, 6.07) is 14.3. The third-order valence-corrected chi connectivity index (χ3v) is 6.55. The van der Waals surface area contributed by atoms with Crippen molar-refractivity contribution < 1.29 is 9.18 Å². The molecule has 1 fully saturated rings. The van der Waals surface area contributed by atoms with Crippen molar-refractivity contribution >= 4 is 17.5 Å². The first-order chi connectivity index (χ1) is 16.5. The average molecular weight is 457 g/mol. The summed E-state index contributed by atoms with van der Waals surface area (Å²) in [4.78, 5) is 25.9. The number of carbonyl (C=O) groups excluding carboxylic acids is 1. The highest BCUT2D eigenvalue weighted by molar-refractivity contribution is 5.98. The fourth-order valence-corrected chi connectivity index (χ4v) is 4.69. The van der Waals surface area contributed by atoms with E-state index in [0.29, 0.717) is 35.7 Å². The molecule has 2 N–H and O–H groups in total. The topological polar surface area (TPSA) is 99.1 Å². The minimum atomic E-state index is -0.402. The van der Waals surface area contributed by atoms with Crippen LogP contribution in [0.4, 0.5) is 16.0 Å². The largest absolute Gasteiger partial charge is 0.341 e. The SMILES string of the molecule is N#Cc1cc(-c2ccnc(N3CCC(N)CC3)n2)cc2c1N(C(=O)Cc1ccccc1F)CC2. The molecule has 0 saturated carbocycles. The van der Waals surface area contributed by atoms with Gasteiger partial charge in [-0.3, -0.25) is 4.79 Å². The van der Waals surface area contributed by atoms with Gasteiger partial charge in [-0.1, -0.05) is 18.2 Å². The quantitative estimate of drug-likeness (QED) is 0.647. The fourth-order valence-electron chi connectivity index (χ4n) is 4.69. The molecule has 0 aliphatic carbocycles. The second-order valence-electron chi connectivity index (χ2n) is 8.77. The summed E-state index contributed by atoms with van der Waals surface area (Å²) < 4.78 is 14.1. The number of hydrogen-bond acceptors (Lipinski definition) is 6. The van der Waals surface area contributed by atoms with Gasteiger partial charge in [-0.05, 0) is 54.7 Å². The van der Waals surface area contributed by atoms with Gasteiger partial charge in [-0.25, -0.2) is 14.4 Å². The lowest BCUT2D eigenvalue weighted by Gasteiger charge is -2.30. The second-order valence-corrected chi connectivity index (χ2v) is 8.77. The van der Waals surface area contributed by atoms with Crippen LogP contribution in [0.15, 0.2) is 48.7 Å². The van der Waals surface area contributed by atoms with E-state index >= 15 is 0 Å². The number of benzene rings is 2. The molecule has 7 nitrogen and oxygen atoms in total. The van der Waals surface area contributed by atoms with Crippen LogP contribution < -0.4 is 15.5 Å². The Labute approximate surface area is 197 Å². The van der Waals surface area contributed by atoms with E-state index in [4.69, 9.17) is 10.7 Å². The summed E-state index contributed by atoms with van der Waals surface area (Å²) in [6.45, 7) is 2.10. The number of carbonyl (C=O) groups is 1. The number of amides is 1. The van der Waals surface area contributed by atoms with E-state index in [0.717, 1.165) is 42.8 Å². The number of halogens is 1. The summed E-state index contributed by atoms with van der Waals surface area (Å²) in [6.07, 6.45) is 4.12. The Morgan fingerprint density at radius 1 is 1.18 bits per heavy atom. The van der Waals surface area contributed by atoms with E-state index in [1.165, 1.54) is 6.07 Å². The van der Waals surface area contributed by atoms with E-state index in [1.807, 2.05) is 12.1 Å². The number of hydrogen-bond donors (Lipinski definition) is 1. The first-order valence-electron chi connectivity index (χ1n) is 11.5. The minimum Gasteiger partial charge on any atom is -0.341 e. The normalized spacial score (nSPS) is 15.8. The first-order valence-corrected chi connectivity index (χ1v) is 11.5. The number of nitriles is 1. The van der Waals surface area contributed by atoms with Crippen molar-refractivity contribution in [3.05, 3.63) is 71.2 Å². The monoisotopic (exact) mass is 456 g/mol. The van der Waals surface area contributed by atoms with Crippen molar-refractivity contribution in [3.8, 4) is 17.3 Å². The zero-order chi connectivity index (χ0) is 23.7. The Morgan fingerprint density at radius 3 is 2.74 bits per heavy atom. The molecule has 0 unspecified atom stereocenters. The number of rotatable bonds is 4. The minimum absolute atomic E-state index is 0.0481. The third kappa shape index (κ3) is 4.22. The lowest BCUT2D eigenvalue weighted by atomic mass is 10.0. The summed E-state index contributed by atoms with van der Waals surface area (Å²) in [5, 5.41) is 9.89. The van der Waals surface area contributed by atoms with Gasteiger partial charge in [0, 0.05) is 37.4 Å². The van der Waals surface area contributed by atoms with Gasteiger partial charge in [0.15, 0.2) is 0 Å². The summed E-state index contributed by atoms with van der Waals surface area (Å²) in [7, 11) is 0. The molecule has 0 radical (unpaired) electrons. The Bertz CT molecular complexity index is 1280. The van der Waals surface area contributed by atoms with Crippen LogP contribution in [-0.4, -0.2) is 41.6 Å². The van der Waals surface area contributed by atoms with E-state index in [-0.39, 0.29) is 18.4 Å². The van der Waals surface area contributed by atoms with Gasteiger partial charge < -0.3 is 15.5 Å². The van der Waals surface area contributed by atoms with Crippen LogP contribution in [-0.2, 0) is 17.6 Å². The summed E-state index contributed by atoms with van der Waals surface area (Å²) in [5.74, 6) is 0.0345. The van der Waals surface area contributed by atoms with Crippen molar-refractivity contribution in [2.24, 2.45) is 5.73 Å². The van der Waals surface area contributed by atoms with Gasteiger partial charge in [-0.2, -0.15) is 5.26 Å². The molecule has 3 heterocycles. The van der Waals surface area contributed by atoms with Crippen molar-refractivity contribution in [1.82, 2.24) is 9.97 Å².